The van der Waals surface area contributed by atoms with Gasteiger partial charge in [-0.1, -0.05) is 19.1 Å². The zero-order chi connectivity index (χ0) is 16.1. The van der Waals surface area contributed by atoms with Crippen molar-refractivity contribution in [2.24, 2.45) is 0 Å². The average molecular weight is 327 g/mol. The van der Waals surface area contributed by atoms with E-state index in [9.17, 15) is 5.11 Å². The van der Waals surface area contributed by atoms with Crippen molar-refractivity contribution in [2.45, 2.75) is 32.5 Å². The Labute approximate surface area is 140 Å². The normalized spacial score (nSPS) is 12.8. The molecule has 0 saturated heterocycles. The van der Waals surface area contributed by atoms with Crippen LogP contribution in [0.25, 0.3) is 11.0 Å². The summed E-state index contributed by atoms with van der Waals surface area (Å²) in [6, 6.07) is 10.2. The predicted molar refractivity (Wildman–Crippen MR) is 94.3 cm³/mol. The van der Waals surface area contributed by atoms with Crippen LogP contribution in [0.5, 0.6) is 0 Å². The van der Waals surface area contributed by atoms with E-state index in [-0.39, 0.29) is 12.6 Å². The maximum atomic E-state index is 9.70. The number of aliphatic hydroxyl groups excluding tert-OH is 1. The van der Waals surface area contributed by atoms with Crippen LogP contribution in [0, 0.1) is 0 Å². The molecule has 0 spiro atoms. The number of para-hydroxylation sites is 2. The molecule has 120 valence electrons. The van der Waals surface area contributed by atoms with Crippen molar-refractivity contribution in [3.05, 3.63) is 58.5 Å². The molecule has 0 amide bonds. The van der Waals surface area contributed by atoms with Crippen LogP contribution >= 0.6 is 11.3 Å². The second kappa shape index (κ2) is 7.64. The molecule has 0 saturated carbocycles. The lowest BCUT2D eigenvalue weighted by Gasteiger charge is -2.29. The number of nitrogens with zero attached hydrogens (tertiary/aromatic N) is 3. The van der Waals surface area contributed by atoms with E-state index in [1.807, 2.05) is 30.5 Å². The zero-order valence-electron chi connectivity index (χ0n) is 13.2. The summed E-state index contributed by atoms with van der Waals surface area (Å²) in [6.45, 7) is 3.76. The third kappa shape index (κ3) is 3.93. The molecule has 1 aromatic carbocycles. The Balaban J connectivity index is 1.83. The van der Waals surface area contributed by atoms with E-state index in [2.05, 4.69) is 33.6 Å². The van der Waals surface area contributed by atoms with Crippen LogP contribution in [0.3, 0.4) is 0 Å². The fourth-order valence-corrected chi connectivity index (χ4v) is 3.37. The zero-order valence-corrected chi connectivity index (χ0v) is 14.0. The lowest BCUT2D eigenvalue weighted by Crippen LogP contribution is -2.36. The molecule has 0 aliphatic heterocycles. The smallest absolute Gasteiger partial charge is 0.0890 e. The van der Waals surface area contributed by atoms with E-state index < -0.39 is 0 Å². The first-order chi connectivity index (χ1) is 11.3. The molecular formula is C18H21N3OS. The molecule has 1 unspecified atom stereocenters. The summed E-state index contributed by atoms with van der Waals surface area (Å²) in [5.41, 5.74) is 4.04. The van der Waals surface area contributed by atoms with Gasteiger partial charge in [-0.05, 0) is 40.9 Å². The highest BCUT2D eigenvalue weighted by molar-refractivity contribution is 7.07. The standard InChI is InChI=1S/C18H21N3OS/c1-2-16(12-22)21(10-14-7-8-23-13-14)11-15-9-19-17-5-3-4-6-18(17)20-15/h3-9,13,16,22H,2,10-12H2,1H3. The van der Waals surface area contributed by atoms with Gasteiger partial charge in [0, 0.05) is 19.1 Å². The summed E-state index contributed by atoms with van der Waals surface area (Å²) in [6.07, 6.45) is 2.74. The number of thiophene rings is 1. The Morgan fingerprint density at radius 2 is 2.00 bits per heavy atom. The molecule has 0 aliphatic carbocycles. The first-order valence-corrected chi connectivity index (χ1v) is 8.81. The van der Waals surface area contributed by atoms with E-state index in [1.54, 1.807) is 11.3 Å². The van der Waals surface area contributed by atoms with E-state index in [1.165, 1.54) is 5.56 Å². The average Bonchev–Trinajstić information content (AvgIpc) is 3.09. The van der Waals surface area contributed by atoms with Crippen molar-refractivity contribution < 1.29 is 5.11 Å². The molecule has 5 heteroatoms. The highest BCUT2D eigenvalue weighted by atomic mass is 32.1. The summed E-state index contributed by atoms with van der Waals surface area (Å²) in [5.74, 6) is 0. The van der Waals surface area contributed by atoms with E-state index in [0.29, 0.717) is 6.54 Å². The van der Waals surface area contributed by atoms with Gasteiger partial charge in [0.15, 0.2) is 0 Å². The molecule has 4 nitrogen and oxygen atoms in total. The summed E-state index contributed by atoms with van der Waals surface area (Å²) >= 11 is 1.70. The molecule has 0 radical (unpaired) electrons. The van der Waals surface area contributed by atoms with Crippen LogP contribution in [0.15, 0.2) is 47.3 Å². The van der Waals surface area contributed by atoms with Crippen molar-refractivity contribution in [1.29, 1.82) is 0 Å². The first kappa shape index (κ1) is 16.1. The second-order valence-corrected chi connectivity index (χ2v) is 6.41. The monoisotopic (exact) mass is 327 g/mol. The molecule has 1 N–H and O–H groups in total. The van der Waals surface area contributed by atoms with Crippen molar-refractivity contribution in [2.75, 3.05) is 6.61 Å². The molecule has 3 rings (SSSR count). The van der Waals surface area contributed by atoms with E-state index >= 15 is 0 Å². The highest BCUT2D eigenvalue weighted by Gasteiger charge is 2.18. The van der Waals surface area contributed by atoms with Crippen molar-refractivity contribution >= 4 is 22.4 Å². The summed E-state index contributed by atoms with van der Waals surface area (Å²) in [5, 5.41) is 13.9. The Bertz CT molecular complexity index is 741. The third-order valence-corrected chi connectivity index (χ3v) is 4.76. The number of benzene rings is 1. The Kier molecular flexibility index (Phi) is 5.33. The third-order valence-electron chi connectivity index (χ3n) is 4.03. The minimum atomic E-state index is 0.128. The summed E-state index contributed by atoms with van der Waals surface area (Å²) < 4.78 is 0. The minimum absolute atomic E-state index is 0.128. The predicted octanol–water partition coefficient (Wildman–Crippen LogP) is 3.46. The maximum absolute atomic E-state index is 9.70. The van der Waals surface area contributed by atoms with Gasteiger partial charge in [0.2, 0.25) is 0 Å². The molecule has 0 aliphatic rings. The quantitative estimate of drug-likeness (QED) is 0.722. The van der Waals surface area contributed by atoms with Gasteiger partial charge in [0.1, 0.15) is 0 Å². The van der Waals surface area contributed by atoms with Gasteiger partial charge >= 0.3 is 0 Å². The molecule has 0 fully saturated rings. The van der Waals surface area contributed by atoms with Crippen LogP contribution in [-0.4, -0.2) is 32.6 Å². The van der Waals surface area contributed by atoms with E-state index in [0.717, 1.165) is 29.7 Å². The maximum Gasteiger partial charge on any atom is 0.0890 e. The van der Waals surface area contributed by atoms with Crippen molar-refractivity contribution in [3.8, 4) is 0 Å². The Morgan fingerprint density at radius 3 is 2.70 bits per heavy atom. The fraction of sp³-hybridized carbons (Fsp3) is 0.333. The van der Waals surface area contributed by atoms with Gasteiger partial charge in [-0.2, -0.15) is 11.3 Å². The summed E-state index contributed by atoms with van der Waals surface area (Å²) in [4.78, 5) is 11.5. The van der Waals surface area contributed by atoms with Crippen molar-refractivity contribution in [3.63, 3.8) is 0 Å². The van der Waals surface area contributed by atoms with Crippen LogP contribution in [0.2, 0.25) is 0 Å². The van der Waals surface area contributed by atoms with Crippen LogP contribution in [0.4, 0.5) is 0 Å². The van der Waals surface area contributed by atoms with Gasteiger partial charge in [0.05, 0.1) is 29.5 Å². The van der Waals surface area contributed by atoms with Crippen molar-refractivity contribution in [1.82, 2.24) is 14.9 Å². The SMILES string of the molecule is CCC(CO)N(Cc1ccsc1)Cc1cnc2ccccc2n1. The molecule has 0 bridgehead atoms. The largest absolute Gasteiger partial charge is 0.395 e. The molecule has 3 aromatic rings. The van der Waals surface area contributed by atoms with Gasteiger partial charge in [-0.15, -0.1) is 0 Å². The number of fused-ring (bicyclic) bond motifs is 1. The first-order valence-electron chi connectivity index (χ1n) is 7.86. The molecule has 2 aromatic heterocycles. The topological polar surface area (TPSA) is 49.2 Å². The molecule has 2 heterocycles. The van der Waals surface area contributed by atoms with E-state index in [4.69, 9.17) is 4.98 Å². The lowest BCUT2D eigenvalue weighted by atomic mass is 10.1. The van der Waals surface area contributed by atoms with Crippen LogP contribution in [0.1, 0.15) is 24.6 Å². The van der Waals surface area contributed by atoms with Crippen LogP contribution in [-0.2, 0) is 13.1 Å². The molecule has 1 atom stereocenters. The van der Waals surface area contributed by atoms with Gasteiger partial charge in [0.25, 0.3) is 0 Å². The van der Waals surface area contributed by atoms with Gasteiger partial charge < -0.3 is 5.11 Å². The number of hydrogen-bond donors (Lipinski definition) is 1. The minimum Gasteiger partial charge on any atom is -0.395 e. The summed E-state index contributed by atoms with van der Waals surface area (Å²) in [7, 11) is 0. The second-order valence-electron chi connectivity index (χ2n) is 5.63. The highest BCUT2D eigenvalue weighted by Crippen LogP contribution is 2.17. The number of rotatable bonds is 7. The Morgan fingerprint density at radius 1 is 1.17 bits per heavy atom. The van der Waals surface area contributed by atoms with Crippen LogP contribution < -0.4 is 0 Å². The number of aromatic nitrogens is 2. The number of hydrogen-bond acceptors (Lipinski definition) is 5. The molecule has 23 heavy (non-hydrogen) atoms. The Hall–Kier alpha value is -1.82. The lowest BCUT2D eigenvalue weighted by molar-refractivity contribution is 0.105. The fourth-order valence-electron chi connectivity index (χ4n) is 2.71. The van der Waals surface area contributed by atoms with Gasteiger partial charge in [-0.3, -0.25) is 9.88 Å². The molecular weight excluding hydrogens is 306 g/mol. The van der Waals surface area contributed by atoms with Gasteiger partial charge in [-0.25, -0.2) is 4.98 Å². The number of aliphatic hydroxyl groups is 1.